The van der Waals surface area contributed by atoms with Crippen molar-refractivity contribution in [1.29, 1.82) is 0 Å². The molecule has 2 bridgehead atoms. The van der Waals surface area contributed by atoms with Crippen LogP contribution in [0.4, 0.5) is 0 Å². The molecule has 0 unspecified atom stereocenters. The highest BCUT2D eigenvalue weighted by atomic mass is 16.5. The summed E-state index contributed by atoms with van der Waals surface area (Å²) in [6.45, 7) is 3.02. The van der Waals surface area contributed by atoms with Crippen molar-refractivity contribution in [3.63, 3.8) is 0 Å². The van der Waals surface area contributed by atoms with Crippen LogP contribution < -0.4 is 4.74 Å². The number of aryl methyl sites for hydroxylation is 1. The van der Waals surface area contributed by atoms with Crippen molar-refractivity contribution in [3.05, 3.63) is 34.9 Å². The van der Waals surface area contributed by atoms with Crippen molar-refractivity contribution in [2.75, 3.05) is 13.6 Å². The van der Waals surface area contributed by atoms with Crippen LogP contribution in [0, 0.1) is 12.8 Å². The summed E-state index contributed by atoms with van der Waals surface area (Å²) in [7, 11) is 2.17. The normalized spacial score (nSPS) is 37.9. The van der Waals surface area contributed by atoms with Crippen molar-refractivity contribution in [3.8, 4) is 11.5 Å². The Bertz CT molecular complexity index is 753. The summed E-state index contributed by atoms with van der Waals surface area (Å²) in [5, 5.41) is 10.4. The lowest BCUT2D eigenvalue weighted by atomic mass is 9.53. The Morgan fingerprint density at radius 3 is 3.09 bits per heavy atom. The fourth-order valence-corrected chi connectivity index (χ4v) is 5.35. The number of aromatic hydroxyl groups is 1. The van der Waals surface area contributed by atoms with E-state index in [1.165, 1.54) is 5.56 Å². The molecule has 22 heavy (non-hydrogen) atoms. The first-order valence-electron chi connectivity index (χ1n) is 7.99. The van der Waals surface area contributed by atoms with Gasteiger partial charge in [-0.25, -0.2) is 0 Å². The van der Waals surface area contributed by atoms with Gasteiger partial charge in [-0.1, -0.05) is 6.08 Å². The molecule has 4 heteroatoms. The summed E-state index contributed by atoms with van der Waals surface area (Å²) < 4.78 is 6.04. The fraction of sp³-hybridized carbons (Fsp3) is 0.500. The zero-order chi connectivity index (χ0) is 15.2. The highest BCUT2D eigenvalue weighted by molar-refractivity contribution is 5.98. The molecule has 0 aromatic heterocycles. The lowest BCUT2D eigenvalue weighted by Gasteiger charge is -2.55. The molecular weight excluding hydrogens is 278 g/mol. The molecule has 2 aliphatic heterocycles. The third-order valence-corrected chi connectivity index (χ3v) is 6.35. The van der Waals surface area contributed by atoms with Crippen molar-refractivity contribution in [2.45, 2.75) is 37.3 Å². The van der Waals surface area contributed by atoms with E-state index in [4.69, 9.17) is 4.74 Å². The van der Waals surface area contributed by atoms with Crippen LogP contribution in [-0.2, 0) is 16.6 Å². The molecule has 114 valence electrons. The number of nitrogens with zero attached hydrogens (tertiary/aromatic N) is 1. The molecule has 5 rings (SSSR count). The van der Waals surface area contributed by atoms with E-state index >= 15 is 0 Å². The first kappa shape index (κ1) is 12.7. The van der Waals surface area contributed by atoms with Gasteiger partial charge in [0.15, 0.2) is 23.4 Å². The SMILES string of the molecule is Cc1cc(O)c2c3c1C[C@@H]1[C@@H]4C=CC(=O)[C@H](O2)[C@]34CCN1C. The monoisotopic (exact) mass is 297 g/mol. The van der Waals surface area contributed by atoms with Gasteiger partial charge < -0.3 is 14.7 Å². The first-order chi connectivity index (χ1) is 10.5. The maximum Gasteiger partial charge on any atom is 0.196 e. The summed E-state index contributed by atoms with van der Waals surface area (Å²) in [6.07, 6.45) is 5.21. The number of phenols is 1. The average Bonchev–Trinajstić information content (AvgIpc) is 2.83. The van der Waals surface area contributed by atoms with E-state index in [1.54, 1.807) is 12.1 Å². The second-order valence-electron chi connectivity index (χ2n) is 7.22. The number of likely N-dealkylation sites (tertiary alicyclic amines) is 1. The predicted octanol–water partition coefficient (Wildman–Crippen LogP) is 1.71. The van der Waals surface area contributed by atoms with Crippen molar-refractivity contribution < 1.29 is 14.6 Å². The van der Waals surface area contributed by atoms with E-state index in [-0.39, 0.29) is 16.9 Å². The molecule has 2 heterocycles. The Morgan fingerprint density at radius 1 is 1.45 bits per heavy atom. The molecule has 1 saturated heterocycles. The molecule has 1 N–H and O–H groups in total. The van der Waals surface area contributed by atoms with E-state index in [9.17, 15) is 9.90 Å². The molecule has 4 atom stereocenters. The second kappa shape index (κ2) is 3.74. The Morgan fingerprint density at radius 2 is 2.27 bits per heavy atom. The number of phenolic OH excluding ortho intramolecular Hbond substituents is 1. The lowest BCUT2D eigenvalue weighted by molar-refractivity contribution is -0.127. The zero-order valence-corrected chi connectivity index (χ0v) is 12.8. The number of hydrogen-bond donors (Lipinski definition) is 1. The summed E-state index contributed by atoms with van der Waals surface area (Å²) >= 11 is 0. The standard InChI is InChI=1S/C18H19NO3/c1-9-7-14(21)16-15-10(9)8-12-11-3-4-13(20)17(22-16)18(11,15)5-6-19(12)2/h3-4,7,11-12,17,21H,5-6,8H2,1-2H3/t11-,12+,17-,18-/m0/s1. The third kappa shape index (κ3) is 1.19. The van der Waals surface area contributed by atoms with Gasteiger partial charge in [0, 0.05) is 17.5 Å². The summed E-state index contributed by atoms with van der Waals surface area (Å²) in [4.78, 5) is 14.9. The number of carbonyl (C=O) groups is 1. The Kier molecular flexibility index (Phi) is 2.16. The van der Waals surface area contributed by atoms with Gasteiger partial charge in [0.05, 0.1) is 5.41 Å². The number of piperidine rings is 1. The predicted molar refractivity (Wildman–Crippen MR) is 81.3 cm³/mol. The Balaban J connectivity index is 1.89. The maximum atomic E-state index is 12.5. The Hall–Kier alpha value is -1.81. The number of rotatable bonds is 0. The van der Waals surface area contributed by atoms with Crippen LogP contribution in [-0.4, -0.2) is 41.5 Å². The minimum Gasteiger partial charge on any atom is -0.504 e. The number of likely N-dealkylation sites (N-methyl/N-ethyl adjacent to an activating group) is 1. The number of ether oxygens (including phenoxy) is 1. The van der Waals surface area contributed by atoms with Crippen molar-refractivity contribution in [2.24, 2.45) is 5.92 Å². The van der Waals surface area contributed by atoms with Gasteiger partial charge in [0.25, 0.3) is 0 Å². The number of ketones is 1. The molecule has 0 saturated carbocycles. The molecule has 0 radical (unpaired) electrons. The van der Waals surface area contributed by atoms with Crippen molar-refractivity contribution in [1.82, 2.24) is 4.90 Å². The van der Waals surface area contributed by atoms with Crippen LogP contribution >= 0.6 is 0 Å². The largest absolute Gasteiger partial charge is 0.504 e. The van der Waals surface area contributed by atoms with Crippen molar-refractivity contribution >= 4 is 5.78 Å². The minimum absolute atomic E-state index is 0.0423. The quantitative estimate of drug-likeness (QED) is 0.792. The van der Waals surface area contributed by atoms with E-state index < -0.39 is 6.10 Å². The van der Waals surface area contributed by atoms with Crippen LogP contribution in [0.25, 0.3) is 0 Å². The van der Waals surface area contributed by atoms with Crippen LogP contribution in [0.3, 0.4) is 0 Å². The van der Waals surface area contributed by atoms with E-state index in [0.29, 0.717) is 17.7 Å². The van der Waals surface area contributed by atoms with E-state index in [2.05, 4.69) is 24.9 Å². The van der Waals surface area contributed by atoms with Crippen LogP contribution in [0.1, 0.15) is 23.1 Å². The topological polar surface area (TPSA) is 49.8 Å². The summed E-state index contributed by atoms with van der Waals surface area (Å²) in [5.41, 5.74) is 3.25. The molecule has 0 amide bonds. The molecule has 1 spiro atoms. The van der Waals surface area contributed by atoms with Gasteiger partial charge in [-0.05, 0) is 56.6 Å². The summed E-state index contributed by atoms with van der Waals surface area (Å²) in [6, 6.07) is 2.20. The molecule has 1 aromatic rings. The molecule has 4 nitrogen and oxygen atoms in total. The van der Waals surface area contributed by atoms with Crippen LogP contribution in [0.15, 0.2) is 18.2 Å². The average molecular weight is 297 g/mol. The third-order valence-electron chi connectivity index (χ3n) is 6.35. The smallest absolute Gasteiger partial charge is 0.196 e. The van der Waals surface area contributed by atoms with Gasteiger partial charge >= 0.3 is 0 Å². The highest BCUT2D eigenvalue weighted by Crippen LogP contribution is 2.62. The fourth-order valence-electron chi connectivity index (χ4n) is 5.35. The van der Waals surface area contributed by atoms with Gasteiger partial charge in [0.1, 0.15) is 0 Å². The van der Waals surface area contributed by atoms with Crippen LogP contribution in [0.5, 0.6) is 11.5 Å². The van der Waals surface area contributed by atoms with E-state index in [1.807, 2.05) is 0 Å². The number of benzene rings is 1. The van der Waals surface area contributed by atoms with Crippen LogP contribution in [0.2, 0.25) is 0 Å². The van der Waals surface area contributed by atoms with E-state index in [0.717, 1.165) is 30.5 Å². The Labute approximate surface area is 129 Å². The molecular formula is C18H19NO3. The lowest BCUT2D eigenvalue weighted by Crippen LogP contribution is -2.64. The van der Waals surface area contributed by atoms with Gasteiger partial charge in [-0.3, -0.25) is 4.79 Å². The highest BCUT2D eigenvalue weighted by Gasteiger charge is 2.64. The van der Waals surface area contributed by atoms with Gasteiger partial charge in [-0.15, -0.1) is 0 Å². The number of carbonyl (C=O) groups excluding carboxylic acids is 1. The van der Waals surface area contributed by atoms with Gasteiger partial charge in [-0.2, -0.15) is 0 Å². The molecule has 2 aliphatic carbocycles. The minimum atomic E-state index is -0.458. The number of hydrogen-bond acceptors (Lipinski definition) is 4. The van der Waals surface area contributed by atoms with Gasteiger partial charge in [0.2, 0.25) is 0 Å². The first-order valence-corrected chi connectivity index (χ1v) is 7.99. The second-order valence-corrected chi connectivity index (χ2v) is 7.22. The summed E-state index contributed by atoms with van der Waals surface area (Å²) in [5.74, 6) is 1.09. The maximum absolute atomic E-state index is 12.5. The molecule has 1 aromatic carbocycles. The molecule has 1 fully saturated rings. The molecule has 4 aliphatic rings. The zero-order valence-electron chi connectivity index (χ0n) is 12.8.